The lowest BCUT2D eigenvalue weighted by molar-refractivity contribution is -0.143. The topological polar surface area (TPSA) is 108 Å². The second-order valence-electron chi connectivity index (χ2n) is 13.1. The van der Waals surface area contributed by atoms with Crippen molar-refractivity contribution < 1.29 is 24.6 Å². The standard InChI is InChI=1S/C30H44N2O5/c1-28-13-10-22(32-37-18-26(33)31-17-19-4-6-20(7-5-19)27(34)35)16-21(28)8-9-23-24(28)11-14-29(2)25(23)12-15-30(29,3)36/h10,13,16,19-20,23-25,36H,4-9,11-12,14-15,17-18H2,1-3H3,(H,31,33)(H,34,35)/b32-22-/t19?,20?,23-,24+,25+,28+,29+,30+/m1/s1. The summed E-state index contributed by atoms with van der Waals surface area (Å²) in [4.78, 5) is 28.7. The van der Waals surface area contributed by atoms with E-state index in [1.807, 2.05) is 6.08 Å². The fourth-order valence-electron chi connectivity index (χ4n) is 8.60. The Kier molecular flexibility index (Phi) is 7.05. The van der Waals surface area contributed by atoms with Crippen molar-refractivity contribution in [1.82, 2.24) is 5.32 Å². The van der Waals surface area contributed by atoms with E-state index in [-0.39, 0.29) is 29.3 Å². The monoisotopic (exact) mass is 512 g/mol. The molecule has 7 nitrogen and oxygen atoms in total. The fraction of sp³-hybridized carbons (Fsp3) is 0.767. The maximum absolute atomic E-state index is 12.2. The number of allylic oxidation sites excluding steroid dienone is 4. The predicted molar refractivity (Wildman–Crippen MR) is 142 cm³/mol. The van der Waals surface area contributed by atoms with E-state index >= 15 is 0 Å². The number of carboxylic acid groups (broad SMARTS) is 1. The molecule has 7 heteroatoms. The Morgan fingerprint density at radius 2 is 1.78 bits per heavy atom. The second kappa shape index (κ2) is 9.87. The first-order valence-corrected chi connectivity index (χ1v) is 14.4. The molecule has 1 amide bonds. The third kappa shape index (κ3) is 4.77. The summed E-state index contributed by atoms with van der Waals surface area (Å²) in [6, 6.07) is 0. The molecule has 5 aliphatic rings. The molecular weight excluding hydrogens is 468 g/mol. The highest BCUT2D eigenvalue weighted by molar-refractivity contribution is 6.05. The van der Waals surface area contributed by atoms with Gasteiger partial charge in [-0.1, -0.05) is 30.7 Å². The molecule has 0 aliphatic heterocycles. The number of amides is 1. The first kappa shape index (κ1) is 26.5. The van der Waals surface area contributed by atoms with Gasteiger partial charge in [0.05, 0.1) is 11.5 Å². The Morgan fingerprint density at radius 3 is 2.51 bits per heavy atom. The van der Waals surface area contributed by atoms with E-state index in [2.05, 4.69) is 43.4 Å². The predicted octanol–water partition coefficient (Wildman–Crippen LogP) is 4.86. The third-order valence-electron chi connectivity index (χ3n) is 11.3. The molecular formula is C30H44N2O5. The number of aliphatic hydroxyl groups is 1. The van der Waals surface area contributed by atoms with Crippen molar-refractivity contribution in [1.29, 1.82) is 0 Å². The Hall–Kier alpha value is -2.15. The summed E-state index contributed by atoms with van der Waals surface area (Å²) < 4.78 is 0. The molecule has 6 atom stereocenters. The van der Waals surface area contributed by atoms with Crippen LogP contribution in [0.5, 0.6) is 0 Å². The lowest BCUT2D eigenvalue weighted by atomic mass is 9.47. The molecule has 0 aromatic rings. The van der Waals surface area contributed by atoms with Gasteiger partial charge in [0.25, 0.3) is 5.91 Å². The molecule has 0 aromatic heterocycles. The van der Waals surface area contributed by atoms with E-state index in [0.717, 1.165) is 50.7 Å². The minimum Gasteiger partial charge on any atom is -0.481 e. The third-order valence-corrected chi connectivity index (χ3v) is 11.3. The summed E-state index contributed by atoms with van der Waals surface area (Å²) in [5, 5.41) is 27.4. The smallest absolute Gasteiger partial charge is 0.306 e. The second-order valence-corrected chi connectivity index (χ2v) is 13.1. The van der Waals surface area contributed by atoms with Gasteiger partial charge in [-0.05, 0) is 112 Å². The van der Waals surface area contributed by atoms with Crippen molar-refractivity contribution >= 4 is 17.6 Å². The molecule has 0 saturated heterocycles. The molecule has 0 spiro atoms. The Bertz CT molecular complexity index is 1010. The Balaban J connectivity index is 1.13. The van der Waals surface area contributed by atoms with Crippen LogP contribution in [-0.4, -0.2) is 46.6 Å². The van der Waals surface area contributed by atoms with Crippen LogP contribution in [0.4, 0.5) is 0 Å². The van der Waals surface area contributed by atoms with Gasteiger partial charge in [0.15, 0.2) is 6.61 Å². The zero-order valence-corrected chi connectivity index (χ0v) is 22.7. The van der Waals surface area contributed by atoms with E-state index in [0.29, 0.717) is 43.1 Å². The summed E-state index contributed by atoms with van der Waals surface area (Å²) in [6.45, 7) is 7.20. The number of oxime groups is 1. The van der Waals surface area contributed by atoms with Crippen molar-refractivity contribution in [2.75, 3.05) is 13.2 Å². The van der Waals surface area contributed by atoms with Crippen LogP contribution in [-0.2, 0) is 14.4 Å². The molecule has 0 bridgehead atoms. The van der Waals surface area contributed by atoms with Crippen molar-refractivity contribution in [2.45, 2.75) is 90.6 Å². The van der Waals surface area contributed by atoms with Gasteiger partial charge in [0.2, 0.25) is 0 Å². The molecule has 0 aromatic carbocycles. The molecule has 0 radical (unpaired) electrons. The van der Waals surface area contributed by atoms with E-state index in [1.165, 1.54) is 12.0 Å². The summed E-state index contributed by atoms with van der Waals surface area (Å²) in [6.07, 6.45) is 16.0. The lowest BCUT2D eigenvalue weighted by Crippen LogP contribution is -2.53. The molecule has 0 unspecified atom stereocenters. The van der Waals surface area contributed by atoms with Crippen LogP contribution in [0.1, 0.15) is 85.0 Å². The molecule has 5 aliphatic carbocycles. The number of carboxylic acids is 1. The van der Waals surface area contributed by atoms with Crippen molar-refractivity contribution in [3.05, 3.63) is 23.8 Å². The zero-order chi connectivity index (χ0) is 26.4. The quantitative estimate of drug-likeness (QED) is 0.441. The van der Waals surface area contributed by atoms with Crippen LogP contribution in [0.15, 0.2) is 29.0 Å². The largest absolute Gasteiger partial charge is 0.481 e. The minimum atomic E-state index is -0.708. The summed E-state index contributed by atoms with van der Waals surface area (Å²) in [7, 11) is 0. The van der Waals surface area contributed by atoms with Gasteiger partial charge in [0, 0.05) is 12.0 Å². The summed E-state index contributed by atoms with van der Waals surface area (Å²) in [5.74, 6) is 1.03. The van der Waals surface area contributed by atoms with E-state index < -0.39 is 11.6 Å². The summed E-state index contributed by atoms with van der Waals surface area (Å²) >= 11 is 0. The van der Waals surface area contributed by atoms with Gasteiger partial charge < -0.3 is 20.4 Å². The zero-order valence-electron chi connectivity index (χ0n) is 22.7. The van der Waals surface area contributed by atoms with Crippen LogP contribution in [0.25, 0.3) is 0 Å². The number of aliphatic carboxylic acids is 1. The number of carbonyl (C=O) groups excluding carboxylic acids is 1. The molecule has 204 valence electrons. The lowest BCUT2D eigenvalue weighted by Gasteiger charge is -2.58. The number of fused-ring (bicyclic) bond motifs is 5. The van der Waals surface area contributed by atoms with Crippen LogP contribution in [0.3, 0.4) is 0 Å². The maximum atomic E-state index is 12.2. The maximum Gasteiger partial charge on any atom is 0.306 e. The highest BCUT2D eigenvalue weighted by Crippen LogP contribution is 2.66. The number of hydrogen-bond acceptors (Lipinski definition) is 5. The first-order chi connectivity index (χ1) is 17.5. The van der Waals surface area contributed by atoms with Gasteiger partial charge in [-0.3, -0.25) is 9.59 Å². The van der Waals surface area contributed by atoms with Gasteiger partial charge in [-0.25, -0.2) is 0 Å². The number of nitrogens with one attached hydrogen (secondary N) is 1. The Labute approximate surface area is 220 Å². The van der Waals surface area contributed by atoms with Crippen LogP contribution < -0.4 is 5.32 Å². The van der Waals surface area contributed by atoms with Gasteiger partial charge >= 0.3 is 5.97 Å². The average Bonchev–Trinajstić information content (AvgIpc) is 3.11. The number of nitrogens with zero attached hydrogens (tertiary/aromatic N) is 1. The van der Waals surface area contributed by atoms with Gasteiger partial charge in [-0.15, -0.1) is 0 Å². The highest BCUT2D eigenvalue weighted by Gasteiger charge is 2.61. The molecule has 4 saturated carbocycles. The average molecular weight is 513 g/mol. The van der Waals surface area contributed by atoms with Gasteiger partial charge in [-0.2, -0.15) is 0 Å². The highest BCUT2D eigenvalue weighted by atomic mass is 16.6. The van der Waals surface area contributed by atoms with Crippen molar-refractivity contribution in [3.63, 3.8) is 0 Å². The van der Waals surface area contributed by atoms with E-state index in [4.69, 9.17) is 9.94 Å². The minimum absolute atomic E-state index is 0.0226. The number of hydrogen-bond donors (Lipinski definition) is 3. The fourth-order valence-corrected chi connectivity index (χ4v) is 8.60. The molecule has 4 fully saturated rings. The number of carbonyl (C=O) groups is 2. The van der Waals surface area contributed by atoms with Crippen molar-refractivity contribution in [3.8, 4) is 0 Å². The summed E-state index contributed by atoms with van der Waals surface area (Å²) in [5.41, 5.74) is 1.67. The van der Waals surface area contributed by atoms with E-state index in [9.17, 15) is 14.7 Å². The molecule has 3 N–H and O–H groups in total. The van der Waals surface area contributed by atoms with Crippen LogP contribution in [0.2, 0.25) is 0 Å². The molecule has 0 heterocycles. The molecule has 37 heavy (non-hydrogen) atoms. The van der Waals surface area contributed by atoms with Crippen molar-refractivity contribution in [2.24, 2.45) is 45.6 Å². The normalized spacial score (nSPS) is 43.8. The molecule has 5 rings (SSSR count). The first-order valence-electron chi connectivity index (χ1n) is 14.4. The van der Waals surface area contributed by atoms with Gasteiger partial charge in [0.1, 0.15) is 5.71 Å². The van der Waals surface area contributed by atoms with Crippen LogP contribution >= 0.6 is 0 Å². The Morgan fingerprint density at radius 1 is 1.05 bits per heavy atom. The number of rotatable bonds is 6. The van der Waals surface area contributed by atoms with Crippen LogP contribution in [0, 0.1) is 40.4 Å². The van der Waals surface area contributed by atoms with E-state index in [1.54, 1.807) is 0 Å². The SMILES string of the molecule is C[C@]12C=C/C(=N/OCC(=O)NCC3CCC(C(=O)O)CC3)C=C1CC[C@@H]1[C@@H]2CC[C@@]2(C)[C@H]1CC[C@]2(C)O.